The van der Waals surface area contributed by atoms with Crippen LogP contribution in [-0.4, -0.2) is 17.6 Å². The van der Waals surface area contributed by atoms with Crippen LogP contribution >= 0.6 is 11.3 Å². The average molecular weight is 380 g/mol. The van der Waals surface area contributed by atoms with Gasteiger partial charge in [0.05, 0.1) is 11.3 Å². The van der Waals surface area contributed by atoms with Crippen LogP contribution in [0.2, 0.25) is 0 Å². The molecule has 0 saturated heterocycles. The smallest absolute Gasteiger partial charge is 0.355 e. The summed E-state index contributed by atoms with van der Waals surface area (Å²) >= 11 is 1.59. The molecule has 8 heteroatoms. The number of amides is 1. The fraction of sp³-hybridized carbons (Fsp3) is 0.222. The predicted molar refractivity (Wildman–Crippen MR) is 92.0 cm³/mol. The second-order valence-electron chi connectivity index (χ2n) is 5.64. The highest BCUT2D eigenvalue weighted by Gasteiger charge is 2.31. The van der Waals surface area contributed by atoms with Crippen LogP contribution in [0, 0.1) is 6.92 Å². The van der Waals surface area contributed by atoms with E-state index >= 15 is 0 Å². The molecule has 0 fully saturated rings. The second kappa shape index (κ2) is 7.33. The summed E-state index contributed by atoms with van der Waals surface area (Å²) in [7, 11) is 0. The number of aryl methyl sites for hydroxylation is 1. The van der Waals surface area contributed by atoms with Crippen molar-refractivity contribution in [2.45, 2.75) is 19.5 Å². The lowest BCUT2D eigenvalue weighted by Crippen LogP contribution is -2.26. The lowest BCUT2D eigenvalue weighted by Gasteiger charge is -2.08. The fourth-order valence-electron chi connectivity index (χ4n) is 2.51. The Kier molecular flexibility index (Phi) is 5.13. The predicted octanol–water partition coefficient (Wildman–Crippen LogP) is 4.70. The molecule has 3 rings (SSSR count). The third kappa shape index (κ3) is 3.96. The topological polar surface area (TPSA) is 55.1 Å². The zero-order valence-electron chi connectivity index (χ0n) is 13.8. The van der Waals surface area contributed by atoms with E-state index in [-0.39, 0.29) is 16.9 Å². The number of halogens is 3. The zero-order valence-corrected chi connectivity index (χ0v) is 14.6. The molecule has 1 aromatic carbocycles. The first-order chi connectivity index (χ1) is 12.4. The Hall–Kier alpha value is -2.61. The van der Waals surface area contributed by atoms with Crippen molar-refractivity contribution in [1.29, 1.82) is 0 Å². The fourth-order valence-corrected chi connectivity index (χ4v) is 3.22. The highest BCUT2D eigenvalue weighted by molar-refractivity contribution is 7.09. The van der Waals surface area contributed by atoms with E-state index in [0.29, 0.717) is 18.7 Å². The van der Waals surface area contributed by atoms with Gasteiger partial charge in [0.1, 0.15) is 5.56 Å². The summed E-state index contributed by atoms with van der Waals surface area (Å²) in [6.07, 6.45) is -3.80. The van der Waals surface area contributed by atoms with Crippen LogP contribution in [-0.2, 0) is 12.6 Å². The number of rotatable bonds is 5. The minimum absolute atomic E-state index is 0.0298. The van der Waals surface area contributed by atoms with E-state index in [2.05, 4.69) is 10.5 Å². The molecule has 0 radical (unpaired) electrons. The van der Waals surface area contributed by atoms with Crippen molar-refractivity contribution in [3.8, 4) is 11.3 Å². The molecule has 2 heterocycles. The molecule has 1 N–H and O–H groups in total. The van der Waals surface area contributed by atoms with Crippen molar-refractivity contribution in [1.82, 2.24) is 10.5 Å². The first kappa shape index (κ1) is 18.2. The molecule has 0 atom stereocenters. The largest absolute Gasteiger partial charge is 0.416 e. The standard InChI is InChI=1S/C18H15F3N2O2S/c1-11-15(17(24)22-8-7-14-6-3-9-26-14)16(25-23-11)12-4-2-5-13(10-12)18(19,20)21/h2-6,9-10H,7-8H2,1H3,(H,22,24). The first-order valence-corrected chi connectivity index (χ1v) is 8.68. The maximum Gasteiger partial charge on any atom is 0.416 e. The van der Waals surface area contributed by atoms with Crippen molar-refractivity contribution >= 4 is 17.2 Å². The molecule has 2 aromatic heterocycles. The van der Waals surface area contributed by atoms with Gasteiger partial charge in [0.25, 0.3) is 5.91 Å². The van der Waals surface area contributed by atoms with Crippen molar-refractivity contribution in [3.05, 3.63) is 63.5 Å². The van der Waals surface area contributed by atoms with E-state index in [1.165, 1.54) is 12.1 Å². The van der Waals surface area contributed by atoms with Gasteiger partial charge in [-0.25, -0.2) is 0 Å². The molecule has 0 saturated carbocycles. The van der Waals surface area contributed by atoms with Crippen molar-refractivity contribution in [2.24, 2.45) is 0 Å². The first-order valence-electron chi connectivity index (χ1n) is 7.81. The van der Waals surface area contributed by atoms with Gasteiger partial charge in [0.15, 0.2) is 5.76 Å². The van der Waals surface area contributed by atoms with Gasteiger partial charge < -0.3 is 9.84 Å². The highest BCUT2D eigenvalue weighted by atomic mass is 32.1. The quantitative estimate of drug-likeness (QED) is 0.698. The van der Waals surface area contributed by atoms with Crippen molar-refractivity contribution < 1.29 is 22.5 Å². The molecule has 26 heavy (non-hydrogen) atoms. The van der Waals surface area contributed by atoms with Gasteiger partial charge >= 0.3 is 6.18 Å². The van der Waals surface area contributed by atoms with E-state index in [0.717, 1.165) is 17.0 Å². The van der Waals surface area contributed by atoms with Crippen molar-refractivity contribution in [3.63, 3.8) is 0 Å². The van der Waals surface area contributed by atoms with Crippen LogP contribution in [0.4, 0.5) is 13.2 Å². The highest BCUT2D eigenvalue weighted by Crippen LogP contribution is 2.33. The number of benzene rings is 1. The minimum atomic E-state index is -4.48. The molecule has 0 unspecified atom stereocenters. The number of hydrogen-bond acceptors (Lipinski definition) is 4. The molecule has 136 valence electrons. The van der Waals surface area contributed by atoms with Gasteiger partial charge in [-0.05, 0) is 36.9 Å². The summed E-state index contributed by atoms with van der Waals surface area (Å²) < 4.78 is 43.9. The molecular formula is C18H15F3N2O2S. The third-order valence-electron chi connectivity index (χ3n) is 3.78. The Bertz CT molecular complexity index is 902. The Morgan fingerprint density at radius 1 is 1.27 bits per heavy atom. The maximum atomic E-state index is 12.9. The summed E-state index contributed by atoms with van der Waals surface area (Å²) in [4.78, 5) is 13.6. The van der Waals surface area contributed by atoms with Crippen LogP contribution in [0.3, 0.4) is 0 Å². The van der Waals surface area contributed by atoms with Gasteiger partial charge in [-0.3, -0.25) is 4.79 Å². The number of nitrogens with zero attached hydrogens (tertiary/aromatic N) is 1. The molecule has 0 spiro atoms. The van der Waals surface area contributed by atoms with Gasteiger partial charge in [-0.2, -0.15) is 13.2 Å². The SMILES string of the molecule is Cc1noc(-c2cccc(C(F)(F)F)c2)c1C(=O)NCCc1cccs1. The van der Waals surface area contributed by atoms with Crippen LogP contribution in [0.25, 0.3) is 11.3 Å². The van der Waals surface area contributed by atoms with E-state index in [1.54, 1.807) is 18.3 Å². The van der Waals surface area contributed by atoms with Gasteiger partial charge in [0.2, 0.25) is 0 Å². The van der Waals surface area contributed by atoms with E-state index in [4.69, 9.17) is 4.52 Å². The Morgan fingerprint density at radius 2 is 2.08 bits per heavy atom. The molecule has 4 nitrogen and oxygen atoms in total. The summed E-state index contributed by atoms with van der Waals surface area (Å²) in [5.74, 6) is -0.394. The van der Waals surface area contributed by atoms with Gasteiger partial charge in [0, 0.05) is 17.0 Å². The summed E-state index contributed by atoms with van der Waals surface area (Å²) in [6, 6.07) is 8.54. The number of carbonyl (C=O) groups is 1. The molecule has 0 aliphatic heterocycles. The lowest BCUT2D eigenvalue weighted by molar-refractivity contribution is -0.137. The molecule has 0 aliphatic carbocycles. The number of aromatic nitrogens is 1. The van der Waals surface area contributed by atoms with E-state index in [9.17, 15) is 18.0 Å². The number of nitrogens with one attached hydrogen (secondary N) is 1. The average Bonchev–Trinajstić information content (AvgIpc) is 3.23. The normalized spacial score (nSPS) is 11.5. The van der Waals surface area contributed by atoms with E-state index in [1.807, 2.05) is 17.5 Å². The molecular weight excluding hydrogens is 365 g/mol. The number of carbonyl (C=O) groups excluding carboxylic acids is 1. The number of thiophene rings is 1. The summed E-state index contributed by atoms with van der Waals surface area (Å²) in [6.45, 7) is 1.99. The van der Waals surface area contributed by atoms with Crippen LogP contribution in [0.15, 0.2) is 46.3 Å². The second-order valence-corrected chi connectivity index (χ2v) is 6.67. The molecule has 3 aromatic rings. The zero-order chi connectivity index (χ0) is 18.7. The Labute approximate surface area is 151 Å². The van der Waals surface area contributed by atoms with Crippen LogP contribution in [0.1, 0.15) is 26.5 Å². The van der Waals surface area contributed by atoms with Gasteiger partial charge in [-0.1, -0.05) is 23.4 Å². The summed E-state index contributed by atoms with van der Waals surface area (Å²) in [5, 5.41) is 8.46. The van der Waals surface area contributed by atoms with Gasteiger partial charge in [-0.15, -0.1) is 11.3 Å². The maximum absolute atomic E-state index is 12.9. The van der Waals surface area contributed by atoms with Crippen LogP contribution < -0.4 is 5.32 Å². The lowest BCUT2D eigenvalue weighted by atomic mass is 10.0. The van der Waals surface area contributed by atoms with Crippen LogP contribution in [0.5, 0.6) is 0 Å². The Balaban J connectivity index is 1.81. The Morgan fingerprint density at radius 3 is 2.77 bits per heavy atom. The monoisotopic (exact) mass is 380 g/mol. The minimum Gasteiger partial charge on any atom is -0.355 e. The molecule has 1 amide bonds. The third-order valence-corrected chi connectivity index (χ3v) is 4.72. The van der Waals surface area contributed by atoms with E-state index < -0.39 is 17.6 Å². The molecule has 0 aliphatic rings. The number of alkyl halides is 3. The van der Waals surface area contributed by atoms with Crippen molar-refractivity contribution in [2.75, 3.05) is 6.54 Å². The molecule has 0 bridgehead atoms. The number of hydrogen-bond donors (Lipinski definition) is 1. The summed E-state index contributed by atoms with van der Waals surface area (Å²) in [5.41, 5.74) is -0.182.